The fourth-order valence-corrected chi connectivity index (χ4v) is 3.39. The van der Waals surface area contributed by atoms with E-state index in [1.165, 1.54) is 0 Å². The predicted molar refractivity (Wildman–Crippen MR) is 97.6 cm³/mol. The molecule has 0 radical (unpaired) electrons. The largest absolute Gasteiger partial charge is 0.481 e. The van der Waals surface area contributed by atoms with Crippen molar-refractivity contribution in [1.82, 2.24) is 0 Å². The molecule has 0 aromatic rings. The average molecular weight is 368 g/mol. The summed E-state index contributed by atoms with van der Waals surface area (Å²) in [5, 5.41) is 28.7. The number of Topliss-reactive ketones (excluding diaryl/α,β-unsaturated/α-hetero) is 2. The molecule has 0 aromatic carbocycles. The van der Waals surface area contributed by atoms with Gasteiger partial charge in [-0.3, -0.25) is 14.4 Å². The van der Waals surface area contributed by atoms with Crippen molar-refractivity contribution in [3.8, 4) is 0 Å². The minimum Gasteiger partial charge on any atom is -0.481 e. The van der Waals surface area contributed by atoms with Crippen molar-refractivity contribution in [1.29, 1.82) is 0 Å². The summed E-state index contributed by atoms with van der Waals surface area (Å²) in [5.41, 5.74) is 0. The lowest BCUT2D eigenvalue weighted by Gasteiger charge is -2.17. The first-order valence-corrected chi connectivity index (χ1v) is 9.65. The molecule has 0 bridgehead atoms. The molecular formula is C20H32O6. The Balaban J connectivity index is 2.51. The van der Waals surface area contributed by atoms with Gasteiger partial charge >= 0.3 is 5.97 Å². The Hall–Kier alpha value is -1.53. The molecule has 0 unspecified atom stereocenters. The van der Waals surface area contributed by atoms with Crippen LogP contribution in [0.2, 0.25) is 0 Å². The Morgan fingerprint density at radius 3 is 2.54 bits per heavy atom. The average Bonchev–Trinajstić information content (AvgIpc) is 2.83. The molecule has 3 N–H and O–H groups in total. The maximum Gasteiger partial charge on any atom is 0.303 e. The van der Waals surface area contributed by atoms with Crippen LogP contribution >= 0.6 is 0 Å². The van der Waals surface area contributed by atoms with Gasteiger partial charge in [-0.2, -0.15) is 0 Å². The standard InChI is InChI=1S/C20H32O6/c1-2-3-4-7-14(21)10-11-16-17(19(24)13-18(16)23)12-15(22)8-5-6-9-20(25)26/h10-11,14,16-18,21,23H,2-9,12-13H2,1H3,(H,25,26)/b11-10+/t14-,16-,17-,18-/m1/s1. The van der Waals surface area contributed by atoms with Gasteiger partial charge in [-0.1, -0.05) is 38.3 Å². The summed E-state index contributed by atoms with van der Waals surface area (Å²) < 4.78 is 0. The van der Waals surface area contributed by atoms with Gasteiger partial charge in [0.25, 0.3) is 0 Å². The van der Waals surface area contributed by atoms with Crippen LogP contribution in [-0.2, 0) is 14.4 Å². The quantitative estimate of drug-likeness (QED) is 0.340. The second-order valence-corrected chi connectivity index (χ2v) is 7.21. The van der Waals surface area contributed by atoms with E-state index in [1.54, 1.807) is 12.2 Å². The summed E-state index contributed by atoms with van der Waals surface area (Å²) in [5.74, 6) is -2.06. The van der Waals surface area contributed by atoms with Crippen LogP contribution < -0.4 is 0 Å². The molecule has 0 aliphatic heterocycles. The number of carbonyl (C=O) groups is 3. The Bertz CT molecular complexity index is 499. The second kappa shape index (κ2) is 12.0. The highest BCUT2D eigenvalue weighted by atomic mass is 16.4. The molecule has 148 valence electrons. The molecule has 0 spiro atoms. The first-order valence-electron chi connectivity index (χ1n) is 9.65. The Morgan fingerprint density at radius 1 is 1.19 bits per heavy atom. The van der Waals surface area contributed by atoms with E-state index in [1.807, 2.05) is 0 Å². The number of carbonyl (C=O) groups excluding carboxylic acids is 2. The summed E-state index contributed by atoms with van der Waals surface area (Å²) >= 11 is 0. The van der Waals surface area contributed by atoms with Gasteiger partial charge in [0.1, 0.15) is 11.6 Å². The zero-order valence-corrected chi connectivity index (χ0v) is 15.6. The van der Waals surface area contributed by atoms with Crippen molar-refractivity contribution in [3.05, 3.63) is 12.2 Å². The molecule has 26 heavy (non-hydrogen) atoms. The van der Waals surface area contributed by atoms with Crippen molar-refractivity contribution in [3.63, 3.8) is 0 Å². The minimum absolute atomic E-state index is 0.0373. The first kappa shape index (κ1) is 22.5. The van der Waals surface area contributed by atoms with E-state index >= 15 is 0 Å². The summed E-state index contributed by atoms with van der Waals surface area (Å²) in [7, 11) is 0. The molecule has 6 nitrogen and oxygen atoms in total. The number of aliphatic carboxylic acids is 1. The lowest BCUT2D eigenvalue weighted by atomic mass is 9.88. The van der Waals surface area contributed by atoms with Crippen molar-refractivity contribution in [2.24, 2.45) is 11.8 Å². The van der Waals surface area contributed by atoms with E-state index in [4.69, 9.17) is 5.11 Å². The van der Waals surface area contributed by atoms with Crippen LogP contribution in [0.4, 0.5) is 0 Å². The molecule has 4 atom stereocenters. The van der Waals surface area contributed by atoms with E-state index in [9.17, 15) is 24.6 Å². The van der Waals surface area contributed by atoms with E-state index in [0.717, 1.165) is 19.3 Å². The molecule has 0 saturated heterocycles. The SMILES string of the molecule is CCCCC[C@@H](O)/C=C/[C@H]1[C@H](O)CC(=O)[C@@H]1CC(=O)CCCCC(=O)O. The Morgan fingerprint density at radius 2 is 1.88 bits per heavy atom. The Labute approximate surface area is 155 Å². The third-order valence-corrected chi connectivity index (χ3v) is 4.94. The number of ketones is 2. The fourth-order valence-electron chi connectivity index (χ4n) is 3.39. The number of aliphatic hydroxyl groups is 2. The molecule has 1 saturated carbocycles. The molecule has 1 fully saturated rings. The third kappa shape index (κ3) is 8.23. The van der Waals surface area contributed by atoms with E-state index < -0.39 is 30.0 Å². The topological polar surface area (TPSA) is 112 Å². The Kier molecular flexibility index (Phi) is 10.4. The number of hydrogen-bond acceptors (Lipinski definition) is 5. The number of hydrogen-bond donors (Lipinski definition) is 3. The molecule has 0 heterocycles. The molecule has 0 aromatic heterocycles. The van der Waals surface area contributed by atoms with Gasteiger partial charge in [-0.05, 0) is 19.3 Å². The summed E-state index contributed by atoms with van der Waals surface area (Å²) in [6, 6.07) is 0. The highest BCUT2D eigenvalue weighted by Crippen LogP contribution is 2.33. The van der Waals surface area contributed by atoms with Gasteiger partial charge in [0.05, 0.1) is 12.2 Å². The van der Waals surface area contributed by atoms with Gasteiger partial charge in [-0.25, -0.2) is 0 Å². The van der Waals surface area contributed by atoms with Crippen LogP contribution in [0.25, 0.3) is 0 Å². The van der Waals surface area contributed by atoms with Crippen molar-refractivity contribution in [2.45, 2.75) is 83.3 Å². The molecular weight excluding hydrogens is 336 g/mol. The van der Waals surface area contributed by atoms with Crippen molar-refractivity contribution < 1.29 is 29.7 Å². The lowest BCUT2D eigenvalue weighted by Crippen LogP contribution is -2.22. The van der Waals surface area contributed by atoms with Crippen LogP contribution in [0.15, 0.2) is 12.2 Å². The third-order valence-electron chi connectivity index (χ3n) is 4.94. The normalized spacial score (nSPS) is 24.3. The van der Waals surface area contributed by atoms with Gasteiger partial charge in [0.15, 0.2) is 0 Å². The predicted octanol–water partition coefficient (Wildman–Crippen LogP) is 2.65. The van der Waals surface area contributed by atoms with E-state index in [-0.39, 0.29) is 37.2 Å². The number of carboxylic acids is 1. The number of rotatable bonds is 13. The first-order chi connectivity index (χ1) is 12.3. The van der Waals surface area contributed by atoms with Gasteiger partial charge in [-0.15, -0.1) is 0 Å². The maximum atomic E-state index is 12.1. The summed E-state index contributed by atoms with van der Waals surface area (Å²) in [6.07, 6.45) is 6.93. The van der Waals surface area contributed by atoms with Crippen molar-refractivity contribution in [2.75, 3.05) is 0 Å². The summed E-state index contributed by atoms with van der Waals surface area (Å²) in [6.45, 7) is 2.09. The van der Waals surface area contributed by atoms with Gasteiger partial charge < -0.3 is 15.3 Å². The van der Waals surface area contributed by atoms with Gasteiger partial charge in [0, 0.05) is 37.5 Å². The molecule has 1 aliphatic rings. The summed E-state index contributed by atoms with van der Waals surface area (Å²) in [4.78, 5) is 34.7. The molecule has 1 aliphatic carbocycles. The lowest BCUT2D eigenvalue weighted by molar-refractivity contribution is -0.137. The van der Waals surface area contributed by atoms with Crippen LogP contribution in [-0.4, -0.2) is 45.1 Å². The van der Waals surface area contributed by atoms with Crippen molar-refractivity contribution >= 4 is 17.5 Å². The zero-order chi connectivity index (χ0) is 19.5. The maximum absolute atomic E-state index is 12.1. The monoisotopic (exact) mass is 368 g/mol. The van der Waals surface area contributed by atoms with Gasteiger partial charge in [0.2, 0.25) is 0 Å². The van der Waals surface area contributed by atoms with E-state index in [2.05, 4.69) is 6.92 Å². The highest BCUT2D eigenvalue weighted by Gasteiger charge is 2.40. The zero-order valence-electron chi connectivity index (χ0n) is 15.6. The number of carboxylic acid groups (broad SMARTS) is 1. The highest BCUT2D eigenvalue weighted by molar-refractivity contribution is 5.90. The second-order valence-electron chi connectivity index (χ2n) is 7.21. The van der Waals surface area contributed by atoms with Crippen LogP contribution in [0, 0.1) is 11.8 Å². The van der Waals surface area contributed by atoms with Crippen LogP contribution in [0.3, 0.4) is 0 Å². The van der Waals surface area contributed by atoms with E-state index in [0.29, 0.717) is 19.3 Å². The number of unbranched alkanes of at least 4 members (excludes halogenated alkanes) is 3. The molecule has 6 heteroatoms. The number of aliphatic hydroxyl groups excluding tert-OH is 2. The minimum atomic E-state index is -0.880. The fraction of sp³-hybridized carbons (Fsp3) is 0.750. The molecule has 0 amide bonds. The molecule has 1 rings (SSSR count). The van der Waals surface area contributed by atoms with Crippen LogP contribution in [0.1, 0.15) is 71.1 Å². The van der Waals surface area contributed by atoms with Crippen LogP contribution in [0.5, 0.6) is 0 Å². The smallest absolute Gasteiger partial charge is 0.303 e.